The molecule has 0 heterocycles. The Balaban J connectivity index is 3.38. The van der Waals surface area contributed by atoms with Crippen LogP contribution >= 0.6 is 0 Å². The first kappa shape index (κ1) is 11.4. The molecule has 0 rings (SSSR count). The van der Waals surface area contributed by atoms with E-state index in [-0.39, 0.29) is 11.5 Å². The summed E-state index contributed by atoms with van der Waals surface area (Å²) >= 11 is 0. The van der Waals surface area contributed by atoms with Crippen molar-refractivity contribution in [1.82, 2.24) is 0 Å². The van der Waals surface area contributed by atoms with Gasteiger partial charge in [0.05, 0.1) is 0 Å². The normalized spacial score (nSPS) is 12.8. The van der Waals surface area contributed by atoms with Gasteiger partial charge in [-0.05, 0) is 6.42 Å². The molecule has 0 aliphatic carbocycles. The molecule has 0 aliphatic heterocycles. The van der Waals surface area contributed by atoms with E-state index in [0.717, 1.165) is 12.8 Å². The monoisotopic (exact) mass is 175 g/mol. The first-order chi connectivity index (χ1) is 5.72. The van der Waals surface area contributed by atoms with Gasteiger partial charge in [-0.2, -0.15) is 0 Å². The van der Waals surface area contributed by atoms with Crippen molar-refractivity contribution in [2.45, 2.75) is 39.2 Å². The predicted molar refractivity (Wildman–Crippen MR) is 46.8 cm³/mol. The van der Waals surface area contributed by atoms with Gasteiger partial charge in [0.15, 0.2) is 0 Å². The molecule has 0 aromatic rings. The predicted octanol–water partition coefficient (Wildman–Crippen LogP) is 1.86. The molecule has 1 unspecified atom stereocenters. The van der Waals surface area contributed by atoms with Crippen molar-refractivity contribution in [2.75, 3.05) is 13.2 Å². The van der Waals surface area contributed by atoms with Gasteiger partial charge in [0, 0.05) is 18.0 Å². The van der Waals surface area contributed by atoms with Gasteiger partial charge in [-0.3, -0.25) is 10.1 Å². The van der Waals surface area contributed by atoms with Gasteiger partial charge in [0.2, 0.25) is 6.04 Å². The van der Waals surface area contributed by atoms with Crippen LogP contribution in [-0.2, 0) is 4.74 Å². The summed E-state index contributed by atoms with van der Waals surface area (Å²) in [7, 11) is 0. The highest BCUT2D eigenvalue weighted by atomic mass is 16.6. The molecule has 72 valence electrons. The Morgan fingerprint density at radius 1 is 1.50 bits per heavy atom. The van der Waals surface area contributed by atoms with Crippen molar-refractivity contribution in [2.24, 2.45) is 0 Å². The standard InChI is InChI=1S/C8H17NO3/c1-3-5-6-12-7-8(4-2)9(10)11/h8H,3-7H2,1-2H3. The zero-order chi connectivity index (χ0) is 9.40. The van der Waals surface area contributed by atoms with E-state index >= 15 is 0 Å². The Labute approximate surface area is 73.1 Å². The summed E-state index contributed by atoms with van der Waals surface area (Å²) in [4.78, 5) is 10.0. The summed E-state index contributed by atoms with van der Waals surface area (Å²) in [5.41, 5.74) is 0. The van der Waals surface area contributed by atoms with E-state index in [0.29, 0.717) is 13.0 Å². The second-order valence-corrected chi connectivity index (χ2v) is 2.78. The second kappa shape index (κ2) is 7.03. The molecule has 0 bridgehead atoms. The van der Waals surface area contributed by atoms with E-state index in [1.165, 1.54) is 0 Å². The van der Waals surface area contributed by atoms with Crippen LogP contribution in [0, 0.1) is 10.1 Å². The number of nitro groups is 1. The van der Waals surface area contributed by atoms with E-state index in [2.05, 4.69) is 6.92 Å². The topological polar surface area (TPSA) is 52.4 Å². The summed E-state index contributed by atoms with van der Waals surface area (Å²) in [6.07, 6.45) is 2.59. The maximum atomic E-state index is 10.3. The highest BCUT2D eigenvalue weighted by Crippen LogP contribution is 1.98. The Morgan fingerprint density at radius 3 is 2.58 bits per heavy atom. The van der Waals surface area contributed by atoms with E-state index in [4.69, 9.17) is 4.74 Å². The minimum atomic E-state index is -0.526. The Hall–Kier alpha value is -0.640. The molecule has 0 amide bonds. The van der Waals surface area contributed by atoms with Crippen molar-refractivity contribution in [1.29, 1.82) is 0 Å². The van der Waals surface area contributed by atoms with Crippen molar-refractivity contribution in [3.63, 3.8) is 0 Å². The van der Waals surface area contributed by atoms with Crippen molar-refractivity contribution in [3.05, 3.63) is 10.1 Å². The molecule has 0 N–H and O–H groups in total. The molecule has 0 saturated heterocycles. The molecule has 0 radical (unpaired) electrons. The molecule has 12 heavy (non-hydrogen) atoms. The number of ether oxygens (including phenoxy) is 1. The van der Waals surface area contributed by atoms with E-state index < -0.39 is 6.04 Å². The fourth-order valence-corrected chi connectivity index (χ4v) is 0.794. The smallest absolute Gasteiger partial charge is 0.235 e. The van der Waals surface area contributed by atoms with Crippen LogP contribution in [0.25, 0.3) is 0 Å². The SMILES string of the molecule is CCCCOCC(CC)[N+](=O)[O-]. The summed E-state index contributed by atoms with van der Waals surface area (Å²) in [6, 6.07) is -0.526. The maximum Gasteiger partial charge on any atom is 0.235 e. The second-order valence-electron chi connectivity index (χ2n) is 2.78. The quantitative estimate of drug-likeness (QED) is 0.337. The Morgan fingerprint density at radius 2 is 2.17 bits per heavy atom. The molecule has 4 nitrogen and oxygen atoms in total. The lowest BCUT2D eigenvalue weighted by Gasteiger charge is -2.06. The van der Waals surface area contributed by atoms with E-state index in [9.17, 15) is 10.1 Å². The minimum Gasteiger partial charge on any atom is -0.374 e. The maximum absolute atomic E-state index is 10.3. The lowest BCUT2D eigenvalue weighted by molar-refractivity contribution is -0.526. The highest BCUT2D eigenvalue weighted by molar-refractivity contribution is 4.50. The van der Waals surface area contributed by atoms with Gasteiger partial charge in [-0.15, -0.1) is 0 Å². The largest absolute Gasteiger partial charge is 0.374 e. The van der Waals surface area contributed by atoms with Crippen LogP contribution in [0.15, 0.2) is 0 Å². The van der Waals surface area contributed by atoms with Crippen LogP contribution in [0.3, 0.4) is 0 Å². The lowest BCUT2D eigenvalue weighted by atomic mass is 10.2. The molecule has 4 heteroatoms. The average Bonchev–Trinajstić information content (AvgIpc) is 2.04. The average molecular weight is 175 g/mol. The van der Waals surface area contributed by atoms with E-state index in [1.54, 1.807) is 6.92 Å². The first-order valence-corrected chi connectivity index (χ1v) is 4.43. The van der Waals surface area contributed by atoms with Crippen molar-refractivity contribution in [3.8, 4) is 0 Å². The number of unbranched alkanes of at least 4 members (excludes halogenated alkanes) is 1. The molecule has 0 aromatic carbocycles. The molecule has 0 fully saturated rings. The molecular weight excluding hydrogens is 158 g/mol. The molecule has 0 spiro atoms. The molecule has 0 saturated carbocycles. The number of rotatable bonds is 7. The minimum absolute atomic E-state index is 0.253. The van der Waals surface area contributed by atoms with Crippen LogP contribution in [-0.4, -0.2) is 24.2 Å². The summed E-state index contributed by atoms with van der Waals surface area (Å²) < 4.78 is 5.15. The fraction of sp³-hybridized carbons (Fsp3) is 1.00. The third-order valence-electron chi connectivity index (χ3n) is 1.72. The van der Waals surface area contributed by atoms with Crippen molar-refractivity contribution < 1.29 is 9.66 Å². The summed E-state index contributed by atoms with van der Waals surface area (Å²) in [5, 5.41) is 10.3. The lowest BCUT2D eigenvalue weighted by Crippen LogP contribution is -2.24. The third-order valence-corrected chi connectivity index (χ3v) is 1.72. The van der Waals surface area contributed by atoms with Crippen LogP contribution in [0.2, 0.25) is 0 Å². The molecule has 1 atom stereocenters. The Kier molecular flexibility index (Phi) is 6.66. The zero-order valence-electron chi connectivity index (χ0n) is 7.78. The van der Waals surface area contributed by atoms with E-state index in [1.807, 2.05) is 0 Å². The number of nitrogens with zero attached hydrogens (tertiary/aromatic N) is 1. The van der Waals surface area contributed by atoms with Crippen LogP contribution < -0.4 is 0 Å². The summed E-state index contributed by atoms with van der Waals surface area (Å²) in [6.45, 7) is 4.76. The molecular formula is C8H17NO3. The van der Waals surface area contributed by atoms with Crippen molar-refractivity contribution >= 4 is 0 Å². The van der Waals surface area contributed by atoms with Crippen LogP contribution in [0.1, 0.15) is 33.1 Å². The fourth-order valence-electron chi connectivity index (χ4n) is 0.794. The van der Waals surface area contributed by atoms with Gasteiger partial charge in [-0.25, -0.2) is 0 Å². The Bertz CT molecular complexity index is 127. The third kappa shape index (κ3) is 5.07. The van der Waals surface area contributed by atoms with Gasteiger partial charge >= 0.3 is 0 Å². The molecule has 0 aromatic heterocycles. The van der Waals surface area contributed by atoms with Gasteiger partial charge in [-0.1, -0.05) is 20.3 Å². The zero-order valence-corrected chi connectivity index (χ0v) is 7.78. The van der Waals surface area contributed by atoms with Crippen LogP contribution in [0.5, 0.6) is 0 Å². The summed E-state index contributed by atoms with van der Waals surface area (Å²) in [5.74, 6) is 0. The number of hydrogen-bond donors (Lipinski definition) is 0. The van der Waals surface area contributed by atoms with Gasteiger partial charge in [0.1, 0.15) is 6.61 Å². The molecule has 0 aliphatic rings. The van der Waals surface area contributed by atoms with Gasteiger partial charge < -0.3 is 4.74 Å². The van der Waals surface area contributed by atoms with Crippen LogP contribution in [0.4, 0.5) is 0 Å². The highest BCUT2D eigenvalue weighted by Gasteiger charge is 2.16. The first-order valence-electron chi connectivity index (χ1n) is 4.43. The van der Waals surface area contributed by atoms with Gasteiger partial charge in [0.25, 0.3) is 0 Å². The number of hydrogen-bond acceptors (Lipinski definition) is 3.